The molecule has 0 bridgehead atoms. The van der Waals surface area contributed by atoms with Gasteiger partial charge in [0.25, 0.3) is 0 Å². The Morgan fingerprint density at radius 1 is 1.24 bits per heavy atom. The van der Waals surface area contributed by atoms with Crippen LogP contribution in [0.25, 0.3) is 0 Å². The lowest BCUT2D eigenvalue weighted by atomic mass is 9.78. The lowest BCUT2D eigenvalue weighted by Crippen LogP contribution is -2.23. The highest BCUT2D eigenvalue weighted by Gasteiger charge is 2.25. The van der Waals surface area contributed by atoms with E-state index in [-0.39, 0.29) is 0 Å². The molecule has 0 aliphatic heterocycles. The maximum Gasteiger partial charge on any atom is 0.134 e. The van der Waals surface area contributed by atoms with Gasteiger partial charge in [-0.2, -0.15) is 0 Å². The molecule has 1 unspecified atom stereocenters. The number of fused-ring (bicyclic) bond motifs is 1. The first-order valence-electron chi connectivity index (χ1n) is 7.14. The largest absolute Gasteiger partial charge is 0.492 e. The number of alkyl halides is 1. The molecular formula is C19H17ClO. The van der Waals surface area contributed by atoms with Crippen molar-refractivity contribution in [3.63, 3.8) is 0 Å². The Morgan fingerprint density at radius 3 is 2.90 bits per heavy atom. The van der Waals surface area contributed by atoms with E-state index in [0.29, 0.717) is 18.4 Å². The average Bonchev–Trinajstić information content (AvgIpc) is 2.47. The second-order valence-corrected chi connectivity index (χ2v) is 5.61. The van der Waals surface area contributed by atoms with Crippen LogP contribution in [-0.4, -0.2) is 12.5 Å². The molecule has 0 radical (unpaired) electrons. The molecule has 1 nitrogen and oxygen atoms in total. The van der Waals surface area contributed by atoms with Crippen molar-refractivity contribution in [2.45, 2.75) is 19.3 Å². The van der Waals surface area contributed by atoms with E-state index in [9.17, 15) is 0 Å². The molecule has 0 saturated carbocycles. The molecule has 2 heteroatoms. The van der Waals surface area contributed by atoms with Crippen molar-refractivity contribution in [1.29, 1.82) is 0 Å². The van der Waals surface area contributed by atoms with Crippen LogP contribution >= 0.6 is 11.6 Å². The SMILES string of the molecule is Cc1ccc(OCC2Cc3ccccc32)c(C#CCCl)c1. The van der Waals surface area contributed by atoms with Crippen molar-refractivity contribution in [2.75, 3.05) is 12.5 Å². The summed E-state index contributed by atoms with van der Waals surface area (Å²) < 4.78 is 6.00. The molecule has 2 aromatic rings. The van der Waals surface area contributed by atoms with Gasteiger partial charge in [0, 0.05) is 5.92 Å². The molecule has 0 fully saturated rings. The minimum atomic E-state index is 0.337. The van der Waals surface area contributed by atoms with E-state index in [1.165, 1.54) is 16.7 Å². The summed E-state index contributed by atoms with van der Waals surface area (Å²) in [6, 6.07) is 14.7. The molecule has 0 saturated heterocycles. The number of halogens is 1. The first kappa shape index (κ1) is 14.0. The summed E-state index contributed by atoms with van der Waals surface area (Å²) >= 11 is 5.64. The van der Waals surface area contributed by atoms with E-state index in [0.717, 1.165) is 17.7 Å². The van der Waals surface area contributed by atoms with Crippen molar-refractivity contribution in [3.05, 3.63) is 64.7 Å². The summed E-state index contributed by atoms with van der Waals surface area (Å²) in [7, 11) is 0. The number of hydrogen-bond donors (Lipinski definition) is 0. The van der Waals surface area contributed by atoms with Crippen LogP contribution in [-0.2, 0) is 6.42 Å². The van der Waals surface area contributed by atoms with E-state index < -0.39 is 0 Å². The van der Waals surface area contributed by atoms with Gasteiger partial charge in [0.2, 0.25) is 0 Å². The standard InChI is InChI=1S/C19H17ClO/c1-14-8-9-19(16(11-14)6-4-10-20)21-13-17-12-15-5-2-3-7-18(15)17/h2-3,5,7-9,11,17H,10,12-13H2,1H3. The zero-order valence-corrected chi connectivity index (χ0v) is 12.8. The second kappa shape index (κ2) is 6.24. The van der Waals surface area contributed by atoms with Crippen LogP contribution in [0.1, 0.15) is 28.2 Å². The van der Waals surface area contributed by atoms with Crippen molar-refractivity contribution in [2.24, 2.45) is 0 Å². The fraction of sp³-hybridized carbons (Fsp3) is 0.263. The van der Waals surface area contributed by atoms with Gasteiger partial charge in [-0.25, -0.2) is 0 Å². The van der Waals surface area contributed by atoms with Crippen molar-refractivity contribution in [3.8, 4) is 17.6 Å². The van der Waals surface area contributed by atoms with Gasteiger partial charge >= 0.3 is 0 Å². The molecule has 1 aliphatic rings. The molecule has 1 atom stereocenters. The van der Waals surface area contributed by atoms with Gasteiger partial charge in [-0.3, -0.25) is 0 Å². The molecular weight excluding hydrogens is 280 g/mol. The quantitative estimate of drug-likeness (QED) is 0.606. The predicted octanol–water partition coefficient (Wildman–Crippen LogP) is 4.30. The van der Waals surface area contributed by atoms with Crippen LogP contribution in [0.5, 0.6) is 5.75 Å². The molecule has 0 aromatic heterocycles. The van der Waals surface area contributed by atoms with Crippen molar-refractivity contribution >= 4 is 11.6 Å². The summed E-state index contributed by atoms with van der Waals surface area (Å²) in [6.45, 7) is 2.76. The molecule has 2 aromatic carbocycles. The van der Waals surface area contributed by atoms with Crippen molar-refractivity contribution < 1.29 is 4.74 Å². The fourth-order valence-electron chi connectivity index (χ4n) is 2.70. The van der Waals surface area contributed by atoms with Gasteiger partial charge in [0.05, 0.1) is 18.1 Å². The molecule has 0 N–H and O–H groups in total. The zero-order chi connectivity index (χ0) is 14.7. The highest BCUT2D eigenvalue weighted by molar-refractivity contribution is 6.19. The van der Waals surface area contributed by atoms with E-state index in [2.05, 4.69) is 49.1 Å². The number of rotatable bonds is 3. The zero-order valence-electron chi connectivity index (χ0n) is 12.0. The normalized spacial score (nSPS) is 15.4. The maximum atomic E-state index is 6.00. The summed E-state index contributed by atoms with van der Waals surface area (Å²) in [4.78, 5) is 0. The molecule has 3 rings (SSSR count). The van der Waals surface area contributed by atoms with E-state index in [1.807, 2.05) is 12.1 Å². The highest BCUT2D eigenvalue weighted by Crippen LogP contribution is 2.35. The van der Waals surface area contributed by atoms with Crippen LogP contribution in [0, 0.1) is 18.8 Å². The van der Waals surface area contributed by atoms with Gasteiger partial charge < -0.3 is 4.74 Å². The Labute approximate surface area is 130 Å². The monoisotopic (exact) mass is 296 g/mol. The number of ether oxygens (including phenoxy) is 1. The Morgan fingerprint density at radius 2 is 2.10 bits per heavy atom. The minimum Gasteiger partial charge on any atom is -0.492 e. The fourth-order valence-corrected chi connectivity index (χ4v) is 2.76. The third-order valence-corrected chi connectivity index (χ3v) is 3.96. The summed E-state index contributed by atoms with van der Waals surface area (Å²) in [5.74, 6) is 7.66. The molecule has 1 aliphatic carbocycles. The smallest absolute Gasteiger partial charge is 0.134 e. The summed E-state index contributed by atoms with van der Waals surface area (Å²) in [5.41, 5.74) is 4.95. The number of hydrogen-bond acceptors (Lipinski definition) is 1. The molecule has 106 valence electrons. The van der Waals surface area contributed by atoms with Crippen LogP contribution in [0.2, 0.25) is 0 Å². The second-order valence-electron chi connectivity index (χ2n) is 5.35. The average molecular weight is 297 g/mol. The van der Waals surface area contributed by atoms with Crippen LogP contribution in [0.15, 0.2) is 42.5 Å². The third kappa shape index (κ3) is 3.06. The lowest BCUT2D eigenvalue weighted by Gasteiger charge is -2.30. The molecule has 0 heterocycles. The lowest BCUT2D eigenvalue weighted by molar-refractivity contribution is 0.274. The van der Waals surface area contributed by atoms with Gasteiger partial charge in [-0.15, -0.1) is 11.6 Å². The predicted molar refractivity (Wildman–Crippen MR) is 87.2 cm³/mol. The third-order valence-electron chi connectivity index (χ3n) is 3.83. The minimum absolute atomic E-state index is 0.337. The Hall–Kier alpha value is -1.91. The first-order chi connectivity index (χ1) is 10.3. The first-order valence-corrected chi connectivity index (χ1v) is 7.67. The Balaban J connectivity index is 1.72. The van der Waals surface area contributed by atoms with Gasteiger partial charge in [-0.05, 0) is 42.2 Å². The van der Waals surface area contributed by atoms with Crippen molar-refractivity contribution in [1.82, 2.24) is 0 Å². The summed E-state index contributed by atoms with van der Waals surface area (Å²) in [5, 5.41) is 0. The van der Waals surface area contributed by atoms with Crippen LogP contribution < -0.4 is 4.74 Å². The van der Waals surface area contributed by atoms with Crippen LogP contribution in [0.4, 0.5) is 0 Å². The van der Waals surface area contributed by atoms with Gasteiger partial charge in [-0.1, -0.05) is 42.2 Å². The number of aryl methyl sites for hydroxylation is 1. The maximum absolute atomic E-state index is 6.00. The van der Waals surface area contributed by atoms with Gasteiger partial charge in [0.15, 0.2) is 0 Å². The Kier molecular flexibility index (Phi) is 4.18. The highest BCUT2D eigenvalue weighted by atomic mass is 35.5. The van der Waals surface area contributed by atoms with E-state index in [4.69, 9.17) is 16.3 Å². The van der Waals surface area contributed by atoms with E-state index in [1.54, 1.807) is 0 Å². The summed E-state index contributed by atoms with van der Waals surface area (Å²) in [6.07, 6.45) is 1.10. The molecule has 0 amide bonds. The number of benzene rings is 2. The molecule has 21 heavy (non-hydrogen) atoms. The topological polar surface area (TPSA) is 9.23 Å². The molecule has 0 spiro atoms. The Bertz CT molecular complexity index is 709. The van der Waals surface area contributed by atoms with Gasteiger partial charge in [0.1, 0.15) is 5.75 Å². The van der Waals surface area contributed by atoms with E-state index >= 15 is 0 Å². The van der Waals surface area contributed by atoms with Crippen LogP contribution in [0.3, 0.4) is 0 Å².